The fraction of sp³-hybridized carbons (Fsp3) is 0.0526. The van der Waals surface area contributed by atoms with Crippen LogP contribution < -0.4 is 0 Å². The number of aromatic nitrogens is 1. The maximum Gasteiger partial charge on any atom is 0.0300 e. The van der Waals surface area contributed by atoms with Gasteiger partial charge < -0.3 is 0 Å². The van der Waals surface area contributed by atoms with Gasteiger partial charge in [-0.1, -0.05) is 60.7 Å². The SMILES string of the molecule is [CH](Cc1cccnc1)c1cccc(-c2ccccc2)c1. The normalized spacial score (nSPS) is 10.4. The molecule has 0 saturated carbocycles. The van der Waals surface area contributed by atoms with Gasteiger partial charge in [-0.25, -0.2) is 0 Å². The van der Waals surface area contributed by atoms with E-state index in [1.54, 1.807) is 6.20 Å². The Hall–Kier alpha value is -2.41. The summed E-state index contributed by atoms with van der Waals surface area (Å²) in [6.07, 6.45) is 6.87. The Kier molecular flexibility index (Phi) is 3.88. The van der Waals surface area contributed by atoms with E-state index in [-0.39, 0.29) is 0 Å². The Labute approximate surface area is 119 Å². The molecule has 3 rings (SSSR count). The van der Waals surface area contributed by atoms with Gasteiger partial charge in [0.15, 0.2) is 0 Å². The minimum atomic E-state index is 0.909. The van der Waals surface area contributed by atoms with E-state index in [9.17, 15) is 0 Å². The van der Waals surface area contributed by atoms with Gasteiger partial charge in [0.2, 0.25) is 0 Å². The highest BCUT2D eigenvalue weighted by Crippen LogP contribution is 2.21. The highest BCUT2D eigenvalue weighted by molar-refractivity contribution is 5.64. The van der Waals surface area contributed by atoms with Crippen LogP contribution in [0, 0.1) is 6.42 Å². The van der Waals surface area contributed by atoms with Gasteiger partial charge in [0.05, 0.1) is 0 Å². The predicted molar refractivity (Wildman–Crippen MR) is 83.2 cm³/mol. The quantitative estimate of drug-likeness (QED) is 0.669. The van der Waals surface area contributed by atoms with Crippen molar-refractivity contribution >= 4 is 0 Å². The van der Waals surface area contributed by atoms with Gasteiger partial charge >= 0.3 is 0 Å². The van der Waals surface area contributed by atoms with Crippen molar-refractivity contribution in [3.05, 3.63) is 96.7 Å². The largest absolute Gasteiger partial charge is 0.264 e. The van der Waals surface area contributed by atoms with Crippen LogP contribution in [0.1, 0.15) is 11.1 Å². The summed E-state index contributed by atoms with van der Waals surface area (Å²) in [5, 5.41) is 0. The first kappa shape index (κ1) is 12.6. The number of hydrogen-bond acceptors (Lipinski definition) is 1. The molecule has 0 amide bonds. The minimum Gasteiger partial charge on any atom is -0.264 e. The summed E-state index contributed by atoms with van der Waals surface area (Å²) in [5.41, 5.74) is 4.99. The summed E-state index contributed by atoms with van der Waals surface area (Å²) in [5.74, 6) is 0. The molecule has 1 nitrogen and oxygen atoms in total. The van der Waals surface area contributed by atoms with E-state index in [2.05, 4.69) is 66.0 Å². The molecule has 97 valence electrons. The van der Waals surface area contributed by atoms with Gasteiger partial charge in [0.25, 0.3) is 0 Å². The van der Waals surface area contributed by atoms with Crippen LogP contribution in [0.4, 0.5) is 0 Å². The van der Waals surface area contributed by atoms with E-state index in [4.69, 9.17) is 0 Å². The molecule has 1 heterocycles. The summed E-state index contributed by atoms with van der Waals surface area (Å²) in [6.45, 7) is 0. The van der Waals surface area contributed by atoms with E-state index in [1.807, 2.05) is 18.3 Å². The molecular formula is C19H16N. The van der Waals surface area contributed by atoms with Crippen LogP contribution in [0.25, 0.3) is 11.1 Å². The molecule has 1 heteroatoms. The van der Waals surface area contributed by atoms with Crippen LogP contribution in [-0.4, -0.2) is 4.98 Å². The molecule has 0 aliphatic rings. The van der Waals surface area contributed by atoms with Gasteiger partial charge in [0.1, 0.15) is 0 Å². The minimum absolute atomic E-state index is 0.909. The van der Waals surface area contributed by atoms with Crippen molar-refractivity contribution in [2.75, 3.05) is 0 Å². The number of rotatable bonds is 4. The van der Waals surface area contributed by atoms with Crippen molar-refractivity contribution in [3.63, 3.8) is 0 Å². The molecule has 0 unspecified atom stereocenters. The Morgan fingerprint density at radius 2 is 1.65 bits per heavy atom. The topological polar surface area (TPSA) is 12.9 Å². The monoisotopic (exact) mass is 258 g/mol. The second-order valence-electron chi connectivity index (χ2n) is 4.76. The number of nitrogens with zero attached hydrogens (tertiary/aromatic N) is 1. The zero-order valence-corrected chi connectivity index (χ0v) is 11.2. The summed E-state index contributed by atoms with van der Waals surface area (Å²) in [4.78, 5) is 4.14. The van der Waals surface area contributed by atoms with Crippen molar-refractivity contribution in [2.24, 2.45) is 0 Å². The van der Waals surface area contributed by atoms with Crippen molar-refractivity contribution in [1.82, 2.24) is 4.98 Å². The zero-order valence-electron chi connectivity index (χ0n) is 11.2. The second-order valence-corrected chi connectivity index (χ2v) is 4.76. The smallest absolute Gasteiger partial charge is 0.0300 e. The first-order valence-corrected chi connectivity index (χ1v) is 6.79. The number of benzene rings is 2. The summed E-state index contributed by atoms with van der Waals surface area (Å²) in [6, 6.07) is 23.2. The highest BCUT2D eigenvalue weighted by atomic mass is 14.6. The summed E-state index contributed by atoms with van der Waals surface area (Å²) in [7, 11) is 0. The second kappa shape index (κ2) is 6.16. The van der Waals surface area contributed by atoms with Crippen LogP contribution in [0.3, 0.4) is 0 Å². The molecule has 0 aliphatic heterocycles. The molecule has 0 atom stereocenters. The average molecular weight is 258 g/mol. The van der Waals surface area contributed by atoms with Crippen LogP contribution in [0.2, 0.25) is 0 Å². The van der Waals surface area contributed by atoms with Gasteiger partial charge in [-0.2, -0.15) is 0 Å². The van der Waals surface area contributed by atoms with Gasteiger partial charge in [-0.3, -0.25) is 4.98 Å². The molecule has 1 aromatic heterocycles. The highest BCUT2D eigenvalue weighted by Gasteiger charge is 2.00. The molecule has 20 heavy (non-hydrogen) atoms. The summed E-state index contributed by atoms with van der Waals surface area (Å²) < 4.78 is 0. The molecule has 0 saturated heterocycles. The fourth-order valence-electron chi connectivity index (χ4n) is 2.23. The molecule has 3 aromatic rings. The Morgan fingerprint density at radius 1 is 0.800 bits per heavy atom. The van der Waals surface area contributed by atoms with Crippen LogP contribution in [-0.2, 0) is 6.42 Å². The maximum atomic E-state index is 4.14. The lowest BCUT2D eigenvalue weighted by atomic mass is 10.00. The predicted octanol–water partition coefficient (Wildman–Crippen LogP) is 4.54. The molecule has 0 N–H and O–H groups in total. The molecule has 0 spiro atoms. The lowest BCUT2D eigenvalue weighted by Crippen LogP contribution is -1.90. The first-order chi connectivity index (χ1) is 9.92. The number of pyridine rings is 1. The number of hydrogen-bond donors (Lipinski definition) is 0. The third-order valence-corrected chi connectivity index (χ3v) is 3.29. The summed E-state index contributed by atoms with van der Waals surface area (Å²) >= 11 is 0. The van der Waals surface area contributed by atoms with E-state index in [0.717, 1.165) is 6.42 Å². The Morgan fingerprint density at radius 3 is 2.45 bits per heavy atom. The molecule has 2 aromatic carbocycles. The van der Waals surface area contributed by atoms with Crippen LogP contribution in [0.15, 0.2) is 79.1 Å². The van der Waals surface area contributed by atoms with E-state index in [0.29, 0.717) is 0 Å². The molecular weight excluding hydrogens is 242 g/mol. The van der Waals surface area contributed by atoms with Gasteiger partial charge in [-0.05, 0) is 41.2 Å². The zero-order chi connectivity index (χ0) is 13.6. The van der Waals surface area contributed by atoms with Crippen molar-refractivity contribution in [1.29, 1.82) is 0 Å². The molecule has 0 aliphatic carbocycles. The fourth-order valence-corrected chi connectivity index (χ4v) is 2.23. The molecule has 0 fully saturated rings. The van der Waals surface area contributed by atoms with Crippen LogP contribution in [0.5, 0.6) is 0 Å². The van der Waals surface area contributed by atoms with Gasteiger partial charge in [-0.15, -0.1) is 0 Å². The van der Waals surface area contributed by atoms with E-state index >= 15 is 0 Å². The standard InChI is InChI=1S/C19H16N/c1-2-8-18(9-3-1)19-10-4-6-16(14-19)11-12-17-7-5-13-20-15-17/h1-11,13-15H,12H2. The first-order valence-electron chi connectivity index (χ1n) is 6.79. The third-order valence-electron chi connectivity index (χ3n) is 3.29. The average Bonchev–Trinajstić information content (AvgIpc) is 2.55. The van der Waals surface area contributed by atoms with Crippen molar-refractivity contribution in [2.45, 2.75) is 6.42 Å². The molecule has 0 bridgehead atoms. The van der Waals surface area contributed by atoms with Gasteiger partial charge in [0, 0.05) is 12.4 Å². The van der Waals surface area contributed by atoms with E-state index < -0.39 is 0 Å². The van der Waals surface area contributed by atoms with Crippen molar-refractivity contribution in [3.8, 4) is 11.1 Å². The lowest BCUT2D eigenvalue weighted by molar-refractivity contribution is 1.13. The Bertz CT molecular complexity index is 660. The van der Waals surface area contributed by atoms with E-state index in [1.165, 1.54) is 22.3 Å². The lowest BCUT2D eigenvalue weighted by Gasteiger charge is -2.05. The Balaban J connectivity index is 1.75. The van der Waals surface area contributed by atoms with Crippen LogP contribution >= 0.6 is 0 Å². The molecule has 1 radical (unpaired) electrons. The third kappa shape index (κ3) is 3.12. The van der Waals surface area contributed by atoms with Crippen molar-refractivity contribution < 1.29 is 0 Å². The maximum absolute atomic E-state index is 4.14.